The molecule has 0 aliphatic rings. The molecule has 1 atom stereocenters. The minimum atomic E-state index is -1.55. The van der Waals surface area contributed by atoms with Gasteiger partial charge in [0.15, 0.2) is 6.10 Å². The zero-order valence-corrected chi connectivity index (χ0v) is 10.1. The maximum atomic E-state index is 11.7. The van der Waals surface area contributed by atoms with E-state index in [0.29, 0.717) is 0 Å². The molecule has 1 aromatic heterocycles. The first-order chi connectivity index (χ1) is 8.82. The van der Waals surface area contributed by atoms with Crippen molar-refractivity contribution in [2.75, 3.05) is 6.54 Å². The van der Waals surface area contributed by atoms with Gasteiger partial charge in [-0.05, 0) is 0 Å². The number of aliphatic hydroxyl groups is 1. The Labute approximate surface area is 107 Å². The largest absolute Gasteiger partial charge is 0.479 e. The van der Waals surface area contributed by atoms with Gasteiger partial charge in [0.25, 0.3) is 11.6 Å². The monoisotopic (exact) mass is 271 g/mol. The SMILES string of the molecule is Cn1cc([N+](=O)[O-])cc1C(=O)NCCC(O)C(=O)O. The molecule has 0 saturated heterocycles. The molecular weight excluding hydrogens is 258 g/mol. The Morgan fingerprint density at radius 1 is 1.58 bits per heavy atom. The molecule has 1 rings (SSSR count). The van der Waals surface area contributed by atoms with Gasteiger partial charge in [-0.2, -0.15) is 0 Å². The number of nitrogens with zero attached hydrogens (tertiary/aromatic N) is 2. The fourth-order valence-electron chi connectivity index (χ4n) is 1.41. The van der Waals surface area contributed by atoms with Crippen LogP contribution < -0.4 is 5.32 Å². The summed E-state index contributed by atoms with van der Waals surface area (Å²) in [7, 11) is 1.48. The van der Waals surface area contributed by atoms with Gasteiger partial charge in [-0.3, -0.25) is 14.9 Å². The van der Waals surface area contributed by atoms with Crippen molar-refractivity contribution in [1.29, 1.82) is 0 Å². The predicted molar refractivity (Wildman–Crippen MR) is 62.7 cm³/mol. The number of carboxylic acid groups (broad SMARTS) is 1. The summed E-state index contributed by atoms with van der Waals surface area (Å²) >= 11 is 0. The fourth-order valence-corrected chi connectivity index (χ4v) is 1.41. The van der Waals surface area contributed by atoms with Crippen LogP contribution in [0.3, 0.4) is 0 Å². The molecule has 0 aliphatic heterocycles. The van der Waals surface area contributed by atoms with E-state index < -0.39 is 22.9 Å². The van der Waals surface area contributed by atoms with Crippen LogP contribution in [-0.2, 0) is 11.8 Å². The molecule has 3 N–H and O–H groups in total. The number of carbonyl (C=O) groups excluding carboxylic acids is 1. The topological polar surface area (TPSA) is 135 Å². The van der Waals surface area contributed by atoms with E-state index in [9.17, 15) is 19.7 Å². The van der Waals surface area contributed by atoms with Gasteiger partial charge < -0.3 is 20.1 Å². The molecule has 0 aromatic carbocycles. The van der Waals surface area contributed by atoms with Crippen LogP contribution in [0.4, 0.5) is 5.69 Å². The molecule has 0 aliphatic carbocycles. The summed E-state index contributed by atoms with van der Waals surface area (Å²) in [6, 6.07) is 1.11. The van der Waals surface area contributed by atoms with E-state index in [1.807, 2.05) is 0 Å². The number of carbonyl (C=O) groups is 2. The van der Waals surface area contributed by atoms with Gasteiger partial charge in [-0.1, -0.05) is 0 Å². The number of aliphatic hydroxyl groups excluding tert-OH is 1. The number of nitrogens with one attached hydrogen (secondary N) is 1. The maximum Gasteiger partial charge on any atom is 0.332 e. The lowest BCUT2D eigenvalue weighted by molar-refractivity contribution is -0.384. The average Bonchev–Trinajstić information content (AvgIpc) is 2.71. The third-order valence-electron chi connectivity index (χ3n) is 2.42. The van der Waals surface area contributed by atoms with Crippen LogP contribution in [0.15, 0.2) is 12.3 Å². The molecule has 0 fully saturated rings. The van der Waals surface area contributed by atoms with E-state index in [0.717, 1.165) is 6.07 Å². The quantitative estimate of drug-likeness (QED) is 0.471. The molecule has 0 spiro atoms. The second kappa shape index (κ2) is 5.96. The van der Waals surface area contributed by atoms with Crippen LogP contribution in [0.1, 0.15) is 16.9 Å². The third-order valence-corrected chi connectivity index (χ3v) is 2.42. The normalized spacial score (nSPS) is 11.9. The van der Waals surface area contributed by atoms with Crippen molar-refractivity contribution in [1.82, 2.24) is 9.88 Å². The maximum absolute atomic E-state index is 11.7. The van der Waals surface area contributed by atoms with Gasteiger partial charge in [0.2, 0.25) is 0 Å². The minimum Gasteiger partial charge on any atom is -0.479 e. The van der Waals surface area contributed by atoms with Crippen molar-refractivity contribution >= 4 is 17.6 Å². The van der Waals surface area contributed by atoms with Crippen LogP contribution in [0.2, 0.25) is 0 Å². The molecule has 0 saturated carbocycles. The zero-order chi connectivity index (χ0) is 14.6. The highest BCUT2D eigenvalue weighted by atomic mass is 16.6. The number of hydrogen-bond acceptors (Lipinski definition) is 5. The number of aromatic nitrogens is 1. The first-order valence-corrected chi connectivity index (χ1v) is 5.32. The highest BCUT2D eigenvalue weighted by Crippen LogP contribution is 2.14. The van der Waals surface area contributed by atoms with E-state index in [2.05, 4.69) is 5.32 Å². The Morgan fingerprint density at radius 2 is 2.21 bits per heavy atom. The van der Waals surface area contributed by atoms with Gasteiger partial charge in [-0.25, -0.2) is 4.79 Å². The lowest BCUT2D eigenvalue weighted by Gasteiger charge is -2.07. The summed E-state index contributed by atoms with van der Waals surface area (Å²) in [6.45, 7) is -0.0503. The molecule has 1 amide bonds. The minimum absolute atomic E-state index is 0.0503. The van der Waals surface area contributed by atoms with Crippen molar-refractivity contribution in [2.24, 2.45) is 7.05 Å². The lowest BCUT2D eigenvalue weighted by Crippen LogP contribution is -2.30. The summed E-state index contributed by atoms with van der Waals surface area (Å²) in [6.07, 6.45) is -0.503. The number of nitro groups is 1. The Balaban J connectivity index is 2.59. The number of amides is 1. The lowest BCUT2D eigenvalue weighted by atomic mass is 10.2. The highest BCUT2D eigenvalue weighted by molar-refractivity contribution is 5.93. The average molecular weight is 271 g/mol. The molecule has 0 bridgehead atoms. The van der Waals surface area contributed by atoms with E-state index in [4.69, 9.17) is 10.2 Å². The van der Waals surface area contributed by atoms with E-state index in [-0.39, 0.29) is 24.3 Å². The summed E-state index contributed by atoms with van der Waals surface area (Å²) in [5.74, 6) is -1.95. The molecule has 0 radical (unpaired) electrons. The first kappa shape index (κ1) is 14.6. The Bertz CT molecular complexity index is 509. The zero-order valence-electron chi connectivity index (χ0n) is 10.1. The first-order valence-electron chi connectivity index (χ1n) is 5.32. The Morgan fingerprint density at radius 3 is 2.68 bits per heavy atom. The Hall–Kier alpha value is -2.42. The van der Waals surface area contributed by atoms with Crippen molar-refractivity contribution in [2.45, 2.75) is 12.5 Å². The van der Waals surface area contributed by atoms with Gasteiger partial charge >= 0.3 is 5.97 Å². The van der Waals surface area contributed by atoms with Crippen LogP contribution in [-0.4, -0.2) is 44.2 Å². The van der Waals surface area contributed by atoms with Gasteiger partial charge in [0.05, 0.1) is 11.1 Å². The summed E-state index contributed by atoms with van der Waals surface area (Å²) in [5, 5.41) is 30.3. The predicted octanol–water partition coefficient (Wildman–Crippen LogP) is -0.501. The number of aryl methyl sites for hydroxylation is 1. The van der Waals surface area contributed by atoms with Gasteiger partial charge in [0.1, 0.15) is 5.69 Å². The highest BCUT2D eigenvalue weighted by Gasteiger charge is 2.18. The molecule has 9 heteroatoms. The molecule has 1 aromatic rings. The van der Waals surface area contributed by atoms with Crippen molar-refractivity contribution in [3.05, 3.63) is 28.1 Å². The van der Waals surface area contributed by atoms with Crippen molar-refractivity contribution < 1.29 is 24.7 Å². The number of hydrogen-bond donors (Lipinski definition) is 3. The van der Waals surface area contributed by atoms with Crippen LogP contribution in [0.5, 0.6) is 0 Å². The fraction of sp³-hybridized carbons (Fsp3) is 0.400. The number of rotatable bonds is 6. The summed E-state index contributed by atoms with van der Waals surface area (Å²) in [5.41, 5.74) is -0.130. The summed E-state index contributed by atoms with van der Waals surface area (Å²) < 4.78 is 1.29. The second-order valence-electron chi connectivity index (χ2n) is 3.85. The van der Waals surface area contributed by atoms with Gasteiger partial charge in [0, 0.05) is 26.1 Å². The van der Waals surface area contributed by atoms with Crippen molar-refractivity contribution in [3.8, 4) is 0 Å². The number of aliphatic carboxylic acids is 1. The van der Waals surface area contributed by atoms with E-state index in [1.165, 1.54) is 17.8 Å². The molecule has 19 heavy (non-hydrogen) atoms. The molecule has 1 unspecified atom stereocenters. The summed E-state index contributed by atoms with van der Waals surface area (Å²) in [4.78, 5) is 31.9. The standard InChI is InChI=1S/C10H13N3O6/c1-12-5-6(13(18)19)4-7(12)9(15)11-3-2-8(14)10(16)17/h4-5,8,14H,2-3H2,1H3,(H,11,15)(H,16,17). The molecule has 9 nitrogen and oxygen atoms in total. The van der Waals surface area contributed by atoms with Crippen LogP contribution in [0.25, 0.3) is 0 Å². The molecule has 104 valence electrons. The van der Waals surface area contributed by atoms with Gasteiger partial charge in [-0.15, -0.1) is 0 Å². The molecular formula is C10H13N3O6. The smallest absolute Gasteiger partial charge is 0.332 e. The molecule has 1 heterocycles. The van der Waals surface area contributed by atoms with Crippen LogP contribution >= 0.6 is 0 Å². The van der Waals surface area contributed by atoms with Crippen molar-refractivity contribution in [3.63, 3.8) is 0 Å². The number of carboxylic acids is 1. The third kappa shape index (κ3) is 3.78. The van der Waals surface area contributed by atoms with E-state index in [1.54, 1.807) is 0 Å². The van der Waals surface area contributed by atoms with Crippen LogP contribution in [0, 0.1) is 10.1 Å². The van der Waals surface area contributed by atoms with E-state index >= 15 is 0 Å². The Kier molecular flexibility index (Phi) is 4.59. The second-order valence-corrected chi connectivity index (χ2v) is 3.85.